The highest BCUT2D eigenvalue weighted by atomic mass is 32.2. The predicted octanol–water partition coefficient (Wildman–Crippen LogP) is 3.30. The molecule has 0 amide bonds. The van der Waals surface area contributed by atoms with E-state index in [0.29, 0.717) is 37.3 Å². The fourth-order valence-corrected chi connectivity index (χ4v) is 4.53. The Morgan fingerprint density at radius 1 is 1.21 bits per heavy atom. The number of nitrogens with zero attached hydrogens (tertiary/aromatic N) is 2. The van der Waals surface area contributed by atoms with Crippen molar-refractivity contribution in [3.05, 3.63) is 40.6 Å². The Morgan fingerprint density at radius 2 is 1.97 bits per heavy atom. The molecule has 3 N–H and O–H groups in total. The highest BCUT2D eigenvalue weighted by Gasteiger charge is 2.19. The number of rotatable bonds is 15. The van der Waals surface area contributed by atoms with Crippen LogP contribution in [0.1, 0.15) is 61.9 Å². The van der Waals surface area contributed by atoms with E-state index in [1.165, 1.54) is 6.26 Å². The van der Waals surface area contributed by atoms with Crippen LogP contribution in [0, 0.1) is 0 Å². The number of ether oxygens (including phenoxy) is 2. The molecule has 2 aromatic rings. The molecule has 0 radical (unpaired) electrons. The van der Waals surface area contributed by atoms with Gasteiger partial charge in [0.15, 0.2) is 0 Å². The van der Waals surface area contributed by atoms with E-state index in [1.807, 2.05) is 25.1 Å². The molecule has 9 nitrogen and oxygen atoms in total. The zero-order valence-electron chi connectivity index (χ0n) is 20.5. The Labute approximate surface area is 202 Å². The second kappa shape index (κ2) is 13.1. The Hall–Kier alpha value is -2.88. The Morgan fingerprint density at radius 3 is 2.59 bits per heavy atom. The van der Waals surface area contributed by atoms with Gasteiger partial charge in [-0.2, -0.15) is 4.98 Å². The molecule has 0 aliphatic carbocycles. The van der Waals surface area contributed by atoms with Crippen molar-refractivity contribution in [1.29, 1.82) is 0 Å². The second-order valence-corrected chi connectivity index (χ2v) is 10.6. The molecule has 2 rings (SSSR count). The number of benzene rings is 1. The topological polar surface area (TPSA) is 134 Å². The number of aryl methyl sites for hydroxylation is 1. The summed E-state index contributed by atoms with van der Waals surface area (Å²) in [7, 11) is -1.49. The average molecular weight is 493 g/mol. The van der Waals surface area contributed by atoms with Gasteiger partial charge >= 0.3 is 0 Å². The minimum Gasteiger partial charge on any atom is -0.496 e. The van der Waals surface area contributed by atoms with Gasteiger partial charge in [0.25, 0.3) is 6.47 Å². The molecule has 1 atom stereocenters. The van der Waals surface area contributed by atoms with Gasteiger partial charge in [-0.05, 0) is 42.5 Å². The van der Waals surface area contributed by atoms with Crippen LogP contribution < -0.4 is 15.8 Å². The zero-order chi connectivity index (χ0) is 25.1. The van der Waals surface area contributed by atoms with E-state index in [1.54, 1.807) is 7.11 Å². The summed E-state index contributed by atoms with van der Waals surface area (Å²) in [6.07, 6.45) is 5.63. The number of methoxy groups -OCH3 is 1. The lowest BCUT2D eigenvalue weighted by atomic mass is 9.99. The lowest BCUT2D eigenvalue weighted by Gasteiger charge is -2.22. The monoisotopic (exact) mass is 492 g/mol. The molecular formula is C24H36N4O5S. The third kappa shape index (κ3) is 8.48. The van der Waals surface area contributed by atoms with E-state index in [0.717, 1.165) is 41.6 Å². The van der Waals surface area contributed by atoms with Crippen LogP contribution in [0.2, 0.25) is 0 Å². The Bertz CT molecular complexity index is 1060. The fourth-order valence-electron chi connectivity index (χ4n) is 3.82. The molecule has 0 aliphatic rings. The molecule has 0 fully saturated rings. The number of carbonyl (C=O) groups excluding carboxylic acids is 1. The van der Waals surface area contributed by atoms with Crippen LogP contribution in [0.25, 0.3) is 0 Å². The summed E-state index contributed by atoms with van der Waals surface area (Å²) >= 11 is 0. The standard InChI is InChI=1S/C24H36N4O5S/c1-5-7-8-19(11-12-34(4,30)31)26-23-20(21(6-2)27-24(25)28-23)14-18-13-17(15-33-16-29)9-10-22(18)32-3/h9-10,13,16,19H,5-8,11-12,14-15H2,1-4H3,(H3,25,26,27,28)/t19-/m0/s1. The van der Waals surface area contributed by atoms with Gasteiger partial charge in [-0.3, -0.25) is 4.79 Å². The van der Waals surface area contributed by atoms with Crippen molar-refractivity contribution >= 4 is 28.1 Å². The minimum atomic E-state index is -3.09. The van der Waals surface area contributed by atoms with Gasteiger partial charge in [0.2, 0.25) is 5.95 Å². The van der Waals surface area contributed by atoms with Gasteiger partial charge in [0.05, 0.1) is 18.6 Å². The van der Waals surface area contributed by atoms with Crippen molar-refractivity contribution in [3.63, 3.8) is 0 Å². The summed E-state index contributed by atoms with van der Waals surface area (Å²) in [6.45, 7) is 4.68. The number of hydrogen-bond donors (Lipinski definition) is 2. The molecule has 0 aliphatic heterocycles. The molecule has 1 aromatic heterocycles. The fraction of sp³-hybridized carbons (Fsp3) is 0.542. The maximum atomic E-state index is 11.8. The molecule has 1 heterocycles. The van der Waals surface area contributed by atoms with E-state index in [9.17, 15) is 13.2 Å². The van der Waals surface area contributed by atoms with Gasteiger partial charge in [-0.15, -0.1) is 0 Å². The summed E-state index contributed by atoms with van der Waals surface area (Å²) in [6, 6.07) is 5.55. The zero-order valence-corrected chi connectivity index (χ0v) is 21.3. The predicted molar refractivity (Wildman–Crippen MR) is 134 cm³/mol. The lowest BCUT2D eigenvalue weighted by molar-refractivity contribution is -0.129. The first-order valence-corrected chi connectivity index (χ1v) is 13.6. The highest BCUT2D eigenvalue weighted by molar-refractivity contribution is 7.90. The number of nitrogens with one attached hydrogen (secondary N) is 1. The van der Waals surface area contributed by atoms with Crippen LogP contribution in [-0.4, -0.2) is 50.0 Å². The van der Waals surface area contributed by atoms with Crippen LogP contribution >= 0.6 is 0 Å². The Balaban J connectivity index is 2.45. The van der Waals surface area contributed by atoms with E-state index >= 15 is 0 Å². The maximum Gasteiger partial charge on any atom is 0.293 e. The number of hydrogen-bond acceptors (Lipinski definition) is 9. The molecule has 34 heavy (non-hydrogen) atoms. The largest absolute Gasteiger partial charge is 0.496 e. The molecule has 0 saturated carbocycles. The molecule has 10 heteroatoms. The quantitative estimate of drug-likeness (QED) is 0.359. The number of aromatic nitrogens is 2. The number of anilines is 2. The number of unbranched alkanes of at least 4 members (excludes halogenated alkanes) is 1. The first kappa shape index (κ1) is 27.4. The van der Waals surface area contributed by atoms with Crippen LogP contribution in [0.15, 0.2) is 18.2 Å². The highest BCUT2D eigenvalue weighted by Crippen LogP contribution is 2.29. The Kier molecular flexibility index (Phi) is 10.6. The van der Waals surface area contributed by atoms with Gasteiger partial charge in [-0.1, -0.05) is 32.8 Å². The molecule has 1 aromatic carbocycles. The van der Waals surface area contributed by atoms with Gasteiger partial charge in [0, 0.05) is 24.3 Å². The summed E-state index contributed by atoms with van der Waals surface area (Å²) < 4.78 is 34.0. The third-order valence-corrected chi connectivity index (χ3v) is 6.54. The van der Waals surface area contributed by atoms with Crippen molar-refractivity contribution < 1.29 is 22.7 Å². The summed E-state index contributed by atoms with van der Waals surface area (Å²) in [5.74, 6) is 1.56. The van der Waals surface area contributed by atoms with Crippen molar-refractivity contribution in [3.8, 4) is 5.75 Å². The van der Waals surface area contributed by atoms with E-state index in [-0.39, 0.29) is 24.3 Å². The first-order chi connectivity index (χ1) is 16.2. The van der Waals surface area contributed by atoms with Crippen molar-refractivity contribution in [2.24, 2.45) is 0 Å². The number of carbonyl (C=O) groups is 1. The lowest BCUT2D eigenvalue weighted by Crippen LogP contribution is -2.25. The first-order valence-electron chi connectivity index (χ1n) is 11.5. The summed E-state index contributed by atoms with van der Waals surface area (Å²) in [5.41, 5.74) is 9.43. The summed E-state index contributed by atoms with van der Waals surface area (Å²) in [4.78, 5) is 19.6. The molecule has 0 unspecified atom stereocenters. The van der Waals surface area contributed by atoms with Gasteiger partial charge < -0.3 is 20.5 Å². The van der Waals surface area contributed by atoms with Gasteiger partial charge in [0.1, 0.15) is 28.0 Å². The number of nitrogens with two attached hydrogens (primary N) is 1. The minimum absolute atomic E-state index is 0.0679. The van der Waals surface area contributed by atoms with Crippen molar-refractivity contribution in [2.45, 2.75) is 65.0 Å². The second-order valence-electron chi connectivity index (χ2n) is 8.34. The van der Waals surface area contributed by atoms with Crippen LogP contribution in [-0.2, 0) is 38.8 Å². The molecular weight excluding hydrogens is 456 g/mol. The van der Waals surface area contributed by atoms with Crippen LogP contribution in [0.3, 0.4) is 0 Å². The van der Waals surface area contributed by atoms with Crippen molar-refractivity contribution in [2.75, 3.05) is 30.2 Å². The third-order valence-electron chi connectivity index (χ3n) is 5.56. The van der Waals surface area contributed by atoms with Crippen LogP contribution in [0.4, 0.5) is 11.8 Å². The molecule has 0 spiro atoms. The van der Waals surface area contributed by atoms with Gasteiger partial charge in [-0.25, -0.2) is 13.4 Å². The summed E-state index contributed by atoms with van der Waals surface area (Å²) in [5, 5.41) is 3.47. The van der Waals surface area contributed by atoms with E-state index < -0.39 is 9.84 Å². The maximum absolute atomic E-state index is 11.8. The molecule has 188 valence electrons. The molecule has 0 bridgehead atoms. The number of nitrogen functional groups attached to an aromatic ring is 1. The number of sulfone groups is 1. The van der Waals surface area contributed by atoms with E-state index in [4.69, 9.17) is 15.2 Å². The van der Waals surface area contributed by atoms with Crippen LogP contribution in [0.5, 0.6) is 5.75 Å². The average Bonchev–Trinajstić information content (AvgIpc) is 2.80. The van der Waals surface area contributed by atoms with E-state index in [2.05, 4.69) is 22.2 Å². The van der Waals surface area contributed by atoms with Crippen molar-refractivity contribution in [1.82, 2.24) is 9.97 Å². The normalized spacial score (nSPS) is 12.2. The SMILES string of the molecule is CCCC[C@@H](CCS(C)(=O)=O)Nc1nc(N)nc(CC)c1Cc1cc(COC=O)ccc1OC. The smallest absolute Gasteiger partial charge is 0.293 e. The molecule has 0 saturated heterocycles.